The molecule has 0 spiro atoms. The number of carbonyl (C=O) groups is 1. The Morgan fingerprint density at radius 1 is 1.50 bits per heavy atom. The molecule has 0 bridgehead atoms. The molecule has 1 unspecified atom stereocenters. The van der Waals surface area contributed by atoms with Gasteiger partial charge in [0.1, 0.15) is 5.78 Å². The quantitative estimate of drug-likeness (QED) is 0.632. The zero-order valence-corrected chi connectivity index (χ0v) is 9.05. The Bertz CT molecular complexity index is 202. The van der Waals surface area contributed by atoms with Crippen LogP contribution in [0.4, 0.5) is 0 Å². The van der Waals surface area contributed by atoms with Crippen molar-refractivity contribution in [1.82, 2.24) is 0 Å². The molecule has 0 N–H and O–H groups in total. The number of carbonyl (C=O) groups excluding carboxylic acids is 1. The van der Waals surface area contributed by atoms with Crippen LogP contribution in [0.1, 0.15) is 45.4 Å². The van der Waals surface area contributed by atoms with Crippen LogP contribution in [-0.4, -0.2) is 18.5 Å². The minimum atomic E-state index is 0.181. The summed E-state index contributed by atoms with van der Waals surface area (Å²) in [6.07, 6.45) is 5.59. The summed E-state index contributed by atoms with van der Waals surface area (Å²) in [4.78, 5) is 11.5. The van der Waals surface area contributed by atoms with Crippen molar-refractivity contribution in [3.63, 3.8) is 0 Å². The summed E-state index contributed by atoms with van der Waals surface area (Å²) in [7, 11) is 0. The zero-order chi connectivity index (χ0) is 10.4. The fraction of sp³-hybridized carbons (Fsp3) is 0.750. The fourth-order valence-corrected chi connectivity index (χ4v) is 1.70. The summed E-state index contributed by atoms with van der Waals surface area (Å²) >= 11 is 0. The Balaban J connectivity index is 2.21. The van der Waals surface area contributed by atoms with Gasteiger partial charge < -0.3 is 4.74 Å². The van der Waals surface area contributed by atoms with Crippen molar-refractivity contribution in [2.24, 2.45) is 0 Å². The van der Waals surface area contributed by atoms with Gasteiger partial charge in [0.15, 0.2) is 0 Å². The second-order valence-corrected chi connectivity index (χ2v) is 4.01. The highest BCUT2D eigenvalue weighted by Gasteiger charge is 2.17. The average molecular weight is 196 g/mol. The Kier molecular flexibility index (Phi) is 4.88. The van der Waals surface area contributed by atoms with Crippen LogP contribution >= 0.6 is 0 Å². The molecule has 14 heavy (non-hydrogen) atoms. The van der Waals surface area contributed by atoms with Gasteiger partial charge in [-0.25, -0.2) is 0 Å². The molecule has 2 heteroatoms. The van der Waals surface area contributed by atoms with E-state index in [0.717, 1.165) is 31.4 Å². The third-order valence-electron chi connectivity index (χ3n) is 2.68. The summed E-state index contributed by atoms with van der Waals surface area (Å²) in [6, 6.07) is 0. The van der Waals surface area contributed by atoms with Crippen LogP contribution in [-0.2, 0) is 9.53 Å². The molecular weight excluding hydrogens is 176 g/mol. The van der Waals surface area contributed by atoms with Gasteiger partial charge in [-0.2, -0.15) is 0 Å². The molecule has 1 rings (SSSR count). The second kappa shape index (κ2) is 5.97. The van der Waals surface area contributed by atoms with Crippen molar-refractivity contribution >= 4 is 5.78 Å². The highest BCUT2D eigenvalue weighted by Crippen LogP contribution is 2.17. The Morgan fingerprint density at radius 2 is 2.29 bits per heavy atom. The normalized spacial score (nSPS) is 21.9. The predicted octanol–water partition coefficient (Wildman–Crippen LogP) is 2.87. The molecule has 1 heterocycles. The van der Waals surface area contributed by atoms with Gasteiger partial charge in [0.25, 0.3) is 0 Å². The number of ketones is 1. The lowest BCUT2D eigenvalue weighted by Gasteiger charge is -2.21. The van der Waals surface area contributed by atoms with Gasteiger partial charge in [0.05, 0.1) is 6.10 Å². The first-order chi connectivity index (χ1) is 6.72. The molecule has 1 saturated heterocycles. The molecule has 0 aromatic rings. The highest BCUT2D eigenvalue weighted by molar-refractivity contribution is 5.81. The second-order valence-electron chi connectivity index (χ2n) is 4.01. The molecule has 1 fully saturated rings. The maximum Gasteiger partial charge on any atom is 0.139 e. The summed E-state index contributed by atoms with van der Waals surface area (Å²) in [6.45, 7) is 6.71. The van der Waals surface area contributed by atoms with Crippen LogP contribution in [0.15, 0.2) is 12.2 Å². The Morgan fingerprint density at radius 3 is 2.86 bits per heavy atom. The van der Waals surface area contributed by atoms with Crippen LogP contribution < -0.4 is 0 Å². The van der Waals surface area contributed by atoms with Crippen molar-refractivity contribution in [2.75, 3.05) is 6.61 Å². The monoisotopic (exact) mass is 196 g/mol. The molecule has 0 aromatic heterocycles. The highest BCUT2D eigenvalue weighted by atomic mass is 16.5. The molecule has 1 aliphatic rings. The lowest BCUT2D eigenvalue weighted by Crippen LogP contribution is -2.22. The van der Waals surface area contributed by atoms with Crippen molar-refractivity contribution in [2.45, 2.75) is 51.6 Å². The molecule has 0 aromatic carbocycles. The minimum absolute atomic E-state index is 0.181. The van der Waals surface area contributed by atoms with E-state index >= 15 is 0 Å². The van der Waals surface area contributed by atoms with Gasteiger partial charge in [-0.15, -0.1) is 0 Å². The van der Waals surface area contributed by atoms with Gasteiger partial charge in [0, 0.05) is 19.4 Å². The number of allylic oxidation sites excluding steroid dienone is 1. The van der Waals surface area contributed by atoms with Crippen LogP contribution in [0.25, 0.3) is 0 Å². The number of hydrogen-bond donors (Lipinski definition) is 0. The van der Waals surface area contributed by atoms with E-state index in [9.17, 15) is 4.79 Å². The van der Waals surface area contributed by atoms with Gasteiger partial charge in [-0.05, 0) is 25.7 Å². The first-order valence-electron chi connectivity index (χ1n) is 5.52. The largest absolute Gasteiger partial charge is 0.378 e. The van der Waals surface area contributed by atoms with E-state index in [1.807, 2.05) is 6.92 Å². The molecular formula is C12H20O2. The van der Waals surface area contributed by atoms with E-state index in [1.54, 1.807) is 0 Å². The zero-order valence-electron chi connectivity index (χ0n) is 9.05. The number of Topliss-reactive ketones (excluding diaryl/α,β-unsaturated/α-hetero) is 1. The molecule has 2 nitrogen and oxygen atoms in total. The van der Waals surface area contributed by atoms with Gasteiger partial charge in [-0.3, -0.25) is 4.79 Å². The number of rotatable bonds is 5. The maximum atomic E-state index is 11.5. The molecule has 80 valence electrons. The van der Waals surface area contributed by atoms with Crippen molar-refractivity contribution in [1.29, 1.82) is 0 Å². The molecule has 0 amide bonds. The van der Waals surface area contributed by atoms with Crippen LogP contribution in [0.2, 0.25) is 0 Å². The molecule has 1 aliphatic heterocycles. The van der Waals surface area contributed by atoms with E-state index in [0.29, 0.717) is 12.8 Å². The average Bonchev–Trinajstić information content (AvgIpc) is 2.19. The Hall–Kier alpha value is -0.630. The van der Waals surface area contributed by atoms with Gasteiger partial charge >= 0.3 is 0 Å². The van der Waals surface area contributed by atoms with E-state index in [1.165, 1.54) is 6.42 Å². The van der Waals surface area contributed by atoms with Crippen molar-refractivity contribution in [3.05, 3.63) is 12.2 Å². The van der Waals surface area contributed by atoms with Crippen LogP contribution in [0.5, 0.6) is 0 Å². The third kappa shape index (κ3) is 4.05. The molecule has 0 saturated carbocycles. The number of hydrogen-bond acceptors (Lipinski definition) is 2. The first-order valence-corrected chi connectivity index (χ1v) is 5.52. The maximum absolute atomic E-state index is 11.5. The van der Waals surface area contributed by atoms with Crippen LogP contribution in [0.3, 0.4) is 0 Å². The van der Waals surface area contributed by atoms with E-state index < -0.39 is 0 Å². The third-order valence-corrected chi connectivity index (χ3v) is 2.68. The topological polar surface area (TPSA) is 26.3 Å². The molecule has 0 radical (unpaired) electrons. The van der Waals surface area contributed by atoms with Crippen molar-refractivity contribution < 1.29 is 9.53 Å². The summed E-state index contributed by atoms with van der Waals surface area (Å²) in [5.41, 5.74) is 1.03. The van der Waals surface area contributed by atoms with Gasteiger partial charge in [0.2, 0.25) is 0 Å². The predicted molar refractivity (Wildman–Crippen MR) is 57.3 cm³/mol. The standard InChI is InChI=1S/C12H20O2/c1-3-10(2)8-11(13)9-12-6-4-5-7-14-12/h12H,2-9H2,1H3. The van der Waals surface area contributed by atoms with E-state index in [4.69, 9.17) is 4.74 Å². The SMILES string of the molecule is C=C(CC)CC(=O)CC1CCCCO1. The fourth-order valence-electron chi connectivity index (χ4n) is 1.70. The lowest BCUT2D eigenvalue weighted by atomic mass is 10.00. The van der Waals surface area contributed by atoms with Crippen molar-refractivity contribution in [3.8, 4) is 0 Å². The first kappa shape index (κ1) is 11.4. The van der Waals surface area contributed by atoms with Gasteiger partial charge in [-0.1, -0.05) is 19.1 Å². The van der Waals surface area contributed by atoms with E-state index in [2.05, 4.69) is 6.58 Å². The van der Waals surface area contributed by atoms with E-state index in [-0.39, 0.29) is 11.9 Å². The number of ether oxygens (including phenoxy) is 1. The Labute approximate surface area is 86.3 Å². The summed E-state index contributed by atoms with van der Waals surface area (Å²) in [5, 5.41) is 0. The summed E-state index contributed by atoms with van der Waals surface area (Å²) < 4.78 is 5.51. The molecule has 0 aliphatic carbocycles. The van der Waals surface area contributed by atoms with Crippen LogP contribution in [0, 0.1) is 0 Å². The summed E-state index contributed by atoms with van der Waals surface area (Å²) in [5.74, 6) is 0.281. The lowest BCUT2D eigenvalue weighted by molar-refractivity contribution is -0.122. The molecule has 1 atom stereocenters. The minimum Gasteiger partial charge on any atom is -0.378 e. The smallest absolute Gasteiger partial charge is 0.139 e.